The second kappa shape index (κ2) is 11.3. The Labute approximate surface area is 82.6 Å². The highest BCUT2D eigenvalue weighted by molar-refractivity contribution is 14.1. The summed E-state index contributed by atoms with van der Waals surface area (Å²) in [5, 5.41) is 0. The predicted octanol–water partition coefficient (Wildman–Crippen LogP) is 1.48. The van der Waals surface area contributed by atoms with E-state index in [0.29, 0.717) is 0 Å². The van der Waals surface area contributed by atoms with E-state index in [2.05, 4.69) is 7.85 Å². The van der Waals surface area contributed by atoms with Crippen LogP contribution in [0.3, 0.4) is 0 Å². The van der Waals surface area contributed by atoms with Crippen LogP contribution in [0.15, 0.2) is 0 Å². The molecule has 0 rings (SSSR count). The summed E-state index contributed by atoms with van der Waals surface area (Å²) >= 11 is 3.97. The minimum atomic E-state index is 0.750. The van der Waals surface area contributed by atoms with Crippen LogP contribution in [0.2, 0.25) is 0 Å². The van der Waals surface area contributed by atoms with Crippen molar-refractivity contribution in [1.82, 2.24) is 4.90 Å². The van der Waals surface area contributed by atoms with Crippen molar-refractivity contribution in [2.75, 3.05) is 14.1 Å². The Kier molecular flexibility index (Phi) is 15.3. The lowest BCUT2D eigenvalue weighted by Gasteiger charge is -1.93. The number of halogens is 2. The largest absolute Gasteiger partial charge is 0.351 e. The molecule has 0 saturated carbocycles. The van der Waals surface area contributed by atoms with Crippen LogP contribution >= 0.6 is 45.2 Å². The second-order valence-electron chi connectivity index (χ2n) is 1.26. The summed E-state index contributed by atoms with van der Waals surface area (Å²) < 4.78 is 5.27. The summed E-state index contributed by atoms with van der Waals surface area (Å²) in [6, 6.07) is 0. The number of nitrogens with zero attached hydrogens (tertiary/aromatic N) is 1. The number of carbonyl (C=O) groups is 1. The van der Waals surface area contributed by atoms with Crippen molar-refractivity contribution in [3.05, 3.63) is 0 Å². The van der Waals surface area contributed by atoms with Crippen molar-refractivity contribution in [3.8, 4) is 7.85 Å². The van der Waals surface area contributed by atoms with Gasteiger partial charge >= 0.3 is 0 Å². The summed E-state index contributed by atoms with van der Waals surface area (Å²) in [5.41, 5.74) is 0. The van der Waals surface area contributed by atoms with E-state index in [4.69, 9.17) is 0 Å². The van der Waals surface area contributed by atoms with Gasteiger partial charge in [-0.25, -0.2) is 0 Å². The van der Waals surface area contributed by atoms with Gasteiger partial charge in [-0.3, -0.25) is 4.79 Å². The standard InChI is InChI=1S/C3H7NO.C2I2/c1-4(2)3-5;3-1-2-4/h3H,1-2H3;. The van der Waals surface area contributed by atoms with Crippen molar-refractivity contribution < 1.29 is 4.79 Å². The molecule has 0 aromatic heterocycles. The highest BCUT2D eigenvalue weighted by Gasteiger charge is 1.68. The Bertz CT molecular complexity index is 108. The van der Waals surface area contributed by atoms with E-state index in [-0.39, 0.29) is 0 Å². The molecule has 0 aromatic carbocycles. The minimum Gasteiger partial charge on any atom is -0.351 e. The van der Waals surface area contributed by atoms with Crippen LogP contribution in [-0.2, 0) is 4.79 Å². The van der Waals surface area contributed by atoms with Crippen LogP contribution in [0.1, 0.15) is 0 Å². The Morgan fingerprint density at radius 1 is 1.33 bits per heavy atom. The topological polar surface area (TPSA) is 20.3 Å². The minimum absolute atomic E-state index is 0.750. The molecule has 0 aromatic rings. The first-order chi connectivity index (χ1) is 4.18. The van der Waals surface area contributed by atoms with E-state index in [1.807, 2.05) is 45.2 Å². The van der Waals surface area contributed by atoms with Gasteiger partial charge in [-0.15, -0.1) is 0 Å². The fourth-order valence-electron chi connectivity index (χ4n) is 0. The maximum absolute atomic E-state index is 9.43. The Hall–Kier alpha value is 0.490. The molecule has 0 spiro atoms. The molecule has 0 N–H and O–H groups in total. The molecule has 0 aliphatic heterocycles. The van der Waals surface area contributed by atoms with Crippen molar-refractivity contribution >= 4 is 51.6 Å². The number of hydrogen-bond acceptors (Lipinski definition) is 1. The summed E-state index contributed by atoms with van der Waals surface area (Å²) in [5.74, 6) is 0. The Morgan fingerprint density at radius 3 is 1.56 bits per heavy atom. The van der Waals surface area contributed by atoms with Crippen LogP contribution < -0.4 is 0 Å². The molecule has 0 aliphatic rings. The lowest BCUT2D eigenvalue weighted by Crippen LogP contribution is -2.06. The third-order valence-corrected chi connectivity index (χ3v) is 1.82. The zero-order valence-electron chi connectivity index (χ0n) is 5.19. The quantitative estimate of drug-likeness (QED) is 0.398. The van der Waals surface area contributed by atoms with E-state index in [9.17, 15) is 4.79 Å². The van der Waals surface area contributed by atoms with Gasteiger partial charge in [0.2, 0.25) is 6.41 Å². The van der Waals surface area contributed by atoms with Crippen molar-refractivity contribution in [1.29, 1.82) is 0 Å². The predicted molar refractivity (Wildman–Crippen MR) is 55.6 cm³/mol. The monoisotopic (exact) mass is 351 g/mol. The zero-order valence-corrected chi connectivity index (χ0v) is 9.50. The van der Waals surface area contributed by atoms with Gasteiger partial charge < -0.3 is 4.90 Å². The van der Waals surface area contributed by atoms with Crippen molar-refractivity contribution in [2.24, 2.45) is 0 Å². The van der Waals surface area contributed by atoms with E-state index in [1.165, 1.54) is 4.90 Å². The molecule has 0 atom stereocenters. The molecule has 0 aliphatic carbocycles. The maximum atomic E-state index is 9.43. The van der Waals surface area contributed by atoms with Gasteiger partial charge in [0.25, 0.3) is 0 Å². The number of rotatable bonds is 1. The van der Waals surface area contributed by atoms with Crippen LogP contribution in [0, 0.1) is 7.85 Å². The molecule has 52 valence electrons. The SMILES string of the molecule is CN(C)C=O.IC#CI. The van der Waals surface area contributed by atoms with Crippen LogP contribution in [-0.4, -0.2) is 25.4 Å². The average molecular weight is 351 g/mol. The fraction of sp³-hybridized carbons (Fsp3) is 0.400. The van der Waals surface area contributed by atoms with Gasteiger partial charge in [-0.2, -0.15) is 0 Å². The molecule has 2 nitrogen and oxygen atoms in total. The lowest BCUT2D eigenvalue weighted by atomic mass is 11.0. The van der Waals surface area contributed by atoms with Crippen LogP contribution in [0.25, 0.3) is 0 Å². The number of amides is 1. The molecule has 0 bridgehead atoms. The van der Waals surface area contributed by atoms with E-state index < -0.39 is 0 Å². The summed E-state index contributed by atoms with van der Waals surface area (Å²) in [4.78, 5) is 10.9. The third-order valence-electron chi connectivity index (χ3n) is 0.247. The molecule has 0 radical (unpaired) electrons. The molecule has 1 amide bonds. The highest BCUT2D eigenvalue weighted by Crippen LogP contribution is 1.75. The Morgan fingerprint density at radius 2 is 1.56 bits per heavy atom. The molecule has 0 fully saturated rings. The van der Waals surface area contributed by atoms with Crippen molar-refractivity contribution in [2.45, 2.75) is 0 Å². The van der Waals surface area contributed by atoms with Gasteiger partial charge in [0, 0.05) is 59.3 Å². The first-order valence-electron chi connectivity index (χ1n) is 2.02. The molecule has 0 saturated heterocycles. The first-order valence-corrected chi connectivity index (χ1v) is 4.17. The zero-order chi connectivity index (χ0) is 7.70. The maximum Gasteiger partial charge on any atom is 0.209 e. The average Bonchev–Trinajstić information content (AvgIpc) is 1.89. The number of hydrogen-bond donors (Lipinski definition) is 0. The van der Waals surface area contributed by atoms with Crippen LogP contribution in [0.5, 0.6) is 0 Å². The molecule has 0 unspecified atom stereocenters. The van der Waals surface area contributed by atoms with E-state index in [1.54, 1.807) is 14.1 Å². The second-order valence-corrected chi connectivity index (χ2v) is 2.34. The lowest BCUT2D eigenvalue weighted by molar-refractivity contribution is -0.115. The molecule has 9 heavy (non-hydrogen) atoms. The van der Waals surface area contributed by atoms with Crippen LogP contribution in [0.4, 0.5) is 0 Å². The molecular formula is C5H7I2NO. The van der Waals surface area contributed by atoms with Gasteiger partial charge in [0.1, 0.15) is 0 Å². The van der Waals surface area contributed by atoms with E-state index >= 15 is 0 Å². The Balaban J connectivity index is 0. The molecular weight excluding hydrogens is 344 g/mol. The van der Waals surface area contributed by atoms with E-state index in [0.717, 1.165) is 6.41 Å². The smallest absolute Gasteiger partial charge is 0.209 e. The summed E-state index contributed by atoms with van der Waals surface area (Å²) in [6.45, 7) is 0. The summed E-state index contributed by atoms with van der Waals surface area (Å²) in [6.07, 6.45) is 0.750. The third kappa shape index (κ3) is 29.4. The van der Waals surface area contributed by atoms with Gasteiger partial charge in [0.15, 0.2) is 0 Å². The van der Waals surface area contributed by atoms with Gasteiger partial charge in [-0.1, -0.05) is 0 Å². The summed E-state index contributed by atoms with van der Waals surface area (Å²) in [7, 11) is 3.38. The highest BCUT2D eigenvalue weighted by atomic mass is 127. The van der Waals surface area contributed by atoms with Gasteiger partial charge in [0.05, 0.1) is 0 Å². The molecule has 4 heteroatoms. The normalized spacial score (nSPS) is 5.33. The fourth-order valence-corrected chi connectivity index (χ4v) is 0. The van der Waals surface area contributed by atoms with Gasteiger partial charge in [-0.05, 0) is 7.85 Å². The first kappa shape index (κ1) is 12.2. The van der Waals surface area contributed by atoms with Crippen molar-refractivity contribution in [3.63, 3.8) is 0 Å². The molecule has 0 heterocycles. The number of carbonyl (C=O) groups excluding carboxylic acids is 1.